The van der Waals surface area contributed by atoms with Gasteiger partial charge in [0.05, 0.1) is 0 Å². The minimum Gasteiger partial charge on any atom is -0.507 e. The first-order valence-corrected chi connectivity index (χ1v) is 6.68. The van der Waals surface area contributed by atoms with Crippen LogP contribution in [0.1, 0.15) is 56.3 Å². The van der Waals surface area contributed by atoms with Crippen LogP contribution in [0.15, 0.2) is 24.3 Å². The number of benzene rings is 1. The first-order valence-electron chi connectivity index (χ1n) is 6.68. The molecule has 0 saturated heterocycles. The van der Waals surface area contributed by atoms with Crippen LogP contribution in [0.25, 0.3) is 0 Å². The van der Waals surface area contributed by atoms with E-state index in [1.165, 1.54) is 6.07 Å². The summed E-state index contributed by atoms with van der Waals surface area (Å²) in [6.07, 6.45) is 5.04. The molecule has 0 aliphatic heterocycles. The van der Waals surface area contributed by atoms with E-state index in [4.69, 9.17) is 4.74 Å². The molecule has 1 rings (SSSR count). The number of esters is 1. The summed E-state index contributed by atoms with van der Waals surface area (Å²) in [6, 6.07) is 6.48. The smallest absolute Gasteiger partial charge is 0.342 e. The molecule has 1 unspecified atom stereocenters. The van der Waals surface area contributed by atoms with Crippen LogP contribution in [-0.4, -0.2) is 17.2 Å². The van der Waals surface area contributed by atoms with E-state index in [0.717, 1.165) is 32.1 Å². The fourth-order valence-corrected chi connectivity index (χ4v) is 1.83. The maximum absolute atomic E-state index is 11.9. The Morgan fingerprint density at radius 3 is 2.53 bits per heavy atom. The minimum absolute atomic E-state index is 0. The van der Waals surface area contributed by atoms with E-state index in [1.807, 2.05) is 6.92 Å². The molecule has 0 heterocycles. The SMILES string of the molecule is CCCCCC(CC)OC(=O)c1ccccc1O.[Au]. The van der Waals surface area contributed by atoms with Crippen LogP contribution < -0.4 is 0 Å². The van der Waals surface area contributed by atoms with Crippen molar-refractivity contribution in [3.8, 4) is 5.75 Å². The fraction of sp³-hybridized carbons (Fsp3) is 0.533. The predicted molar refractivity (Wildman–Crippen MR) is 71.7 cm³/mol. The number of rotatable bonds is 7. The van der Waals surface area contributed by atoms with Crippen LogP contribution in [0.4, 0.5) is 0 Å². The molecule has 1 N–H and O–H groups in total. The van der Waals surface area contributed by atoms with Gasteiger partial charge in [0.2, 0.25) is 0 Å². The van der Waals surface area contributed by atoms with Crippen LogP contribution in [0.5, 0.6) is 5.75 Å². The monoisotopic (exact) mass is 447 g/mol. The van der Waals surface area contributed by atoms with Gasteiger partial charge in [-0.05, 0) is 31.4 Å². The van der Waals surface area contributed by atoms with E-state index in [0.29, 0.717) is 0 Å². The molecule has 1 radical (unpaired) electrons. The Hall–Kier alpha value is -0.770. The zero-order chi connectivity index (χ0) is 13.4. The Morgan fingerprint density at radius 1 is 1.26 bits per heavy atom. The van der Waals surface area contributed by atoms with E-state index < -0.39 is 5.97 Å². The second-order valence-corrected chi connectivity index (χ2v) is 4.45. The number of carbonyl (C=O) groups excluding carboxylic acids is 1. The summed E-state index contributed by atoms with van der Waals surface area (Å²) in [7, 11) is 0. The van der Waals surface area contributed by atoms with Crippen LogP contribution in [0.2, 0.25) is 0 Å². The number of unbranched alkanes of at least 4 members (excludes halogenated alkanes) is 2. The van der Waals surface area contributed by atoms with Gasteiger partial charge in [0, 0.05) is 22.4 Å². The van der Waals surface area contributed by atoms with Crippen molar-refractivity contribution >= 4 is 5.97 Å². The van der Waals surface area contributed by atoms with Crippen LogP contribution >= 0.6 is 0 Å². The second kappa shape index (κ2) is 10.1. The molecule has 1 atom stereocenters. The van der Waals surface area contributed by atoms with E-state index in [2.05, 4.69) is 6.92 Å². The molecule has 3 nitrogen and oxygen atoms in total. The maximum Gasteiger partial charge on any atom is 0.342 e. The van der Waals surface area contributed by atoms with Crippen LogP contribution in [-0.2, 0) is 27.1 Å². The van der Waals surface area contributed by atoms with E-state index in [1.54, 1.807) is 18.2 Å². The van der Waals surface area contributed by atoms with Gasteiger partial charge in [-0.1, -0.05) is 38.8 Å². The topological polar surface area (TPSA) is 46.5 Å². The Labute approximate surface area is 130 Å². The molecule has 0 amide bonds. The summed E-state index contributed by atoms with van der Waals surface area (Å²) in [6.45, 7) is 4.16. The molecule has 0 saturated carbocycles. The van der Waals surface area contributed by atoms with Crippen molar-refractivity contribution < 1.29 is 37.0 Å². The van der Waals surface area contributed by atoms with E-state index in [-0.39, 0.29) is 39.8 Å². The number of aromatic hydroxyl groups is 1. The van der Waals surface area contributed by atoms with Gasteiger partial charge in [0.15, 0.2) is 0 Å². The zero-order valence-electron chi connectivity index (χ0n) is 11.5. The van der Waals surface area contributed by atoms with Gasteiger partial charge in [-0.3, -0.25) is 0 Å². The van der Waals surface area contributed by atoms with Gasteiger partial charge < -0.3 is 9.84 Å². The summed E-state index contributed by atoms with van der Waals surface area (Å²) in [5, 5.41) is 9.58. The molecular weight excluding hydrogens is 425 g/mol. The molecule has 1 aromatic rings. The summed E-state index contributed by atoms with van der Waals surface area (Å²) in [5.74, 6) is -0.456. The minimum atomic E-state index is -0.434. The second-order valence-electron chi connectivity index (χ2n) is 4.45. The largest absolute Gasteiger partial charge is 0.507 e. The van der Waals surface area contributed by atoms with Gasteiger partial charge in [0.1, 0.15) is 17.4 Å². The number of phenolic OH excluding ortho intramolecular Hbond substituents is 1. The fourth-order valence-electron chi connectivity index (χ4n) is 1.83. The summed E-state index contributed by atoms with van der Waals surface area (Å²) >= 11 is 0. The Bertz CT molecular complexity index is 379. The summed E-state index contributed by atoms with van der Waals surface area (Å²) in [4.78, 5) is 11.9. The van der Waals surface area contributed by atoms with Gasteiger partial charge in [-0.15, -0.1) is 0 Å². The average Bonchev–Trinajstić information content (AvgIpc) is 2.38. The molecule has 0 bridgehead atoms. The van der Waals surface area contributed by atoms with E-state index >= 15 is 0 Å². The quantitative estimate of drug-likeness (QED) is 0.392. The maximum atomic E-state index is 11.9. The summed E-state index contributed by atoms with van der Waals surface area (Å²) < 4.78 is 5.41. The van der Waals surface area contributed by atoms with E-state index in [9.17, 15) is 9.90 Å². The molecule has 0 spiro atoms. The van der Waals surface area contributed by atoms with Crippen molar-refractivity contribution in [2.75, 3.05) is 0 Å². The molecular formula is C15H22AuO3. The number of ether oxygens (including phenoxy) is 1. The van der Waals surface area contributed by atoms with Crippen molar-refractivity contribution in [2.24, 2.45) is 0 Å². The number of carbonyl (C=O) groups is 1. The van der Waals surface area contributed by atoms with Crippen molar-refractivity contribution in [3.63, 3.8) is 0 Å². The van der Waals surface area contributed by atoms with Gasteiger partial charge >= 0.3 is 5.97 Å². The number of hydrogen-bond donors (Lipinski definition) is 1. The number of para-hydroxylation sites is 1. The average molecular weight is 447 g/mol. The van der Waals surface area contributed by atoms with Crippen LogP contribution in [0.3, 0.4) is 0 Å². The molecule has 4 heteroatoms. The first-order chi connectivity index (χ1) is 8.69. The molecule has 0 fully saturated rings. The normalized spacial score (nSPS) is 11.5. The van der Waals surface area contributed by atoms with Crippen molar-refractivity contribution in [2.45, 2.75) is 52.1 Å². The van der Waals surface area contributed by atoms with Crippen molar-refractivity contribution in [3.05, 3.63) is 29.8 Å². The molecule has 0 aliphatic rings. The number of phenols is 1. The molecule has 19 heavy (non-hydrogen) atoms. The Morgan fingerprint density at radius 2 is 1.95 bits per heavy atom. The third kappa shape index (κ3) is 6.28. The standard InChI is InChI=1S/C15H22O3.Au/c1-3-5-6-9-12(4-2)18-15(17)13-10-7-8-11-14(13)16;/h7-8,10-12,16H,3-6,9H2,1-2H3;. The number of hydrogen-bond acceptors (Lipinski definition) is 3. The zero-order valence-corrected chi connectivity index (χ0v) is 13.7. The van der Waals surface area contributed by atoms with Crippen molar-refractivity contribution in [1.82, 2.24) is 0 Å². The molecule has 111 valence electrons. The molecule has 1 aromatic carbocycles. The van der Waals surface area contributed by atoms with Crippen LogP contribution in [0, 0.1) is 0 Å². The predicted octanol–water partition coefficient (Wildman–Crippen LogP) is 3.91. The van der Waals surface area contributed by atoms with Gasteiger partial charge in [-0.25, -0.2) is 4.79 Å². The van der Waals surface area contributed by atoms with Gasteiger partial charge in [-0.2, -0.15) is 0 Å². The molecule has 0 aromatic heterocycles. The Balaban J connectivity index is 0.00000324. The summed E-state index contributed by atoms with van der Waals surface area (Å²) in [5.41, 5.74) is 0.242. The van der Waals surface area contributed by atoms with Crippen molar-refractivity contribution in [1.29, 1.82) is 0 Å². The molecule has 0 aliphatic carbocycles. The van der Waals surface area contributed by atoms with Gasteiger partial charge in [0.25, 0.3) is 0 Å². The Kier molecular flexibility index (Phi) is 9.66. The first kappa shape index (κ1) is 18.2. The third-order valence-electron chi connectivity index (χ3n) is 2.98. The third-order valence-corrected chi connectivity index (χ3v) is 2.98.